The van der Waals surface area contributed by atoms with Crippen molar-refractivity contribution < 1.29 is 4.79 Å². The van der Waals surface area contributed by atoms with Crippen molar-refractivity contribution in [2.75, 3.05) is 5.88 Å². The largest absolute Gasteiger partial charge is 0.370 e. The Labute approximate surface area is 57.9 Å². The summed E-state index contributed by atoms with van der Waals surface area (Å²) < 4.78 is 0. The maximum Gasteiger partial charge on any atom is 0.214 e. The summed E-state index contributed by atoms with van der Waals surface area (Å²) >= 11 is 1.92. The van der Waals surface area contributed by atoms with Crippen LogP contribution in [0.25, 0.3) is 0 Å². The molecule has 0 aromatic rings. The van der Waals surface area contributed by atoms with Crippen molar-refractivity contribution in [2.24, 2.45) is 5.73 Å². The van der Waals surface area contributed by atoms with Gasteiger partial charge in [-0.05, 0) is 0 Å². The molecule has 0 aromatic heterocycles. The predicted molar refractivity (Wildman–Crippen MR) is 37.2 cm³/mol. The second-order valence-electron chi connectivity index (χ2n) is 1.82. The fourth-order valence-electron chi connectivity index (χ4n) is 0.393. The third-order valence-electron chi connectivity index (χ3n) is 0.833. The van der Waals surface area contributed by atoms with Gasteiger partial charge in [0.15, 0.2) is 0 Å². The van der Waals surface area contributed by atoms with Gasteiger partial charge in [-0.15, -0.1) is 0 Å². The molecule has 3 nitrogen and oxygen atoms in total. The zero-order chi connectivity index (χ0) is 6.85. The molecule has 0 aromatic carbocycles. The molecule has 2 aliphatic heterocycles. The van der Waals surface area contributed by atoms with Crippen LogP contribution < -0.4 is 5.73 Å². The van der Waals surface area contributed by atoms with Gasteiger partial charge in [0.1, 0.15) is 0 Å². The molecule has 9 heavy (non-hydrogen) atoms. The first-order valence-corrected chi connectivity index (χ1v) is 3.56. The van der Waals surface area contributed by atoms with Gasteiger partial charge in [0.25, 0.3) is 0 Å². The van der Waals surface area contributed by atoms with Gasteiger partial charge in [-0.2, -0.15) is 0 Å². The lowest BCUT2D eigenvalue weighted by Gasteiger charge is -2.10. The molecule has 2 rings (SSSR count). The normalized spacial score (nSPS) is 17.9. The minimum atomic E-state index is -0.333. The number of fused-ring (bicyclic) bond motifs is 1. The van der Waals surface area contributed by atoms with E-state index in [2.05, 4.69) is 16.8 Å². The number of hydrogen-bond donors (Lipinski definition) is 1. The van der Waals surface area contributed by atoms with Crippen molar-refractivity contribution in [3.05, 3.63) is 11.2 Å². The standard InChI is InChI=1S/C3H3NS.C2H5NO/c1-3-4(1)2-5-3;1-2(3)4/h1H,2H2;1H3,(H2,3,4). The minimum absolute atomic E-state index is 0.333. The van der Waals surface area contributed by atoms with Crippen molar-refractivity contribution in [2.45, 2.75) is 6.92 Å². The third kappa shape index (κ3) is 1.97. The fourth-order valence-corrected chi connectivity index (χ4v) is 1.10. The van der Waals surface area contributed by atoms with Gasteiger partial charge in [0, 0.05) is 13.1 Å². The van der Waals surface area contributed by atoms with E-state index in [0.29, 0.717) is 0 Å². The fraction of sp³-hybridized carbons (Fsp3) is 0.400. The average molecular weight is 144 g/mol. The van der Waals surface area contributed by atoms with E-state index in [4.69, 9.17) is 0 Å². The SMILES string of the molecule is C1=C2SCN12.CC(N)=O. The molecule has 50 valence electrons. The topological polar surface area (TPSA) is 46.1 Å². The van der Waals surface area contributed by atoms with E-state index in [0.717, 1.165) is 0 Å². The lowest BCUT2D eigenvalue weighted by Crippen LogP contribution is -2.04. The summed E-state index contributed by atoms with van der Waals surface area (Å²) in [4.78, 5) is 11.4. The molecule has 1 saturated heterocycles. The van der Waals surface area contributed by atoms with Crippen molar-refractivity contribution in [3.8, 4) is 0 Å². The van der Waals surface area contributed by atoms with Crippen LogP contribution in [0, 0.1) is 0 Å². The first kappa shape index (κ1) is 6.48. The van der Waals surface area contributed by atoms with Gasteiger partial charge in [-0.1, -0.05) is 11.8 Å². The minimum Gasteiger partial charge on any atom is -0.370 e. The zero-order valence-electron chi connectivity index (χ0n) is 5.13. The molecule has 0 unspecified atom stereocenters. The summed E-state index contributed by atoms with van der Waals surface area (Å²) in [6.07, 6.45) is 2.16. The molecule has 1 fully saturated rings. The van der Waals surface area contributed by atoms with Crippen LogP contribution in [0.3, 0.4) is 0 Å². The number of rotatable bonds is 0. The quantitative estimate of drug-likeness (QED) is 0.531. The maximum absolute atomic E-state index is 9.22. The van der Waals surface area contributed by atoms with E-state index in [1.54, 1.807) is 0 Å². The average Bonchev–Trinajstić information content (AvgIpc) is 2.10. The summed E-state index contributed by atoms with van der Waals surface area (Å²) in [6, 6.07) is 0. The number of thioether (sulfide) groups is 1. The van der Waals surface area contributed by atoms with Crippen LogP contribution in [0.1, 0.15) is 6.92 Å². The van der Waals surface area contributed by atoms with Crippen molar-refractivity contribution >= 4 is 17.7 Å². The van der Waals surface area contributed by atoms with Crippen LogP contribution in [0.4, 0.5) is 0 Å². The van der Waals surface area contributed by atoms with E-state index in [1.165, 1.54) is 17.8 Å². The Kier molecular flexibility index (Phi) is 1.66. The van der Waals surface area contributed by atoms with Crippen LogP contribution in [0.15, 0.2) is 11.2 Å². The number of carbonyl (C=O) groups excluding carboxylic acids is 1. The summed E-state index contributed by atoms with van der Waals surface area (Å²) in [5, 5.41) is 1.48. The molecule has 0 radical (unpaired) electrons. The van der Waals surface area contributed by atoms with Gasteiger partial charge >= 0.3 is 0 Å². The molecule has 0 bridgehead atoms. The molecule has 4 heteroatoms. The van der Waals surface area contributed by atoms with E-state index >= 15 is 0 Å². The van der Waals surface area contributed by atoms with Crippen LogP contribution >= 0.6 is 11.8 Å². The molecule has 1 amide bonds. The Bertz CT molecular complexity index is 162. The number of amides is 1. The van der Waals surface area contributed by atoms with Crippen molar-refractivity contribution in [1.82, 2.24) is 4.90 Å². The van der Waals surface area contributed by atoms with Crippen molar-refractivity contribution in [3.63, 3.8) is 0 Å². The number of hydrogen-bond acceptors (Lipinski definition) is 3. The maximum atomic E-state index is 9.22. The van der Waals surface area contributed by atoms with Crippen LogP contribution in [-0.4, -0.2) is 16.7 Å². The Morgan fingerprint density at radius 1 is 2.00 bits per heavy atom. The first-order chi connectivity index (χ1) is 4.20. The second kappa shape index (κ2) is 2.31. The van der Waals surface area contributed by atoms with E-state index < -0.39 is 0 Å². The number of primary amides is 1. The number of nitrogens with two attached hydrogens (primary N) is 1. The molecule has 2 aliphatic rings. The highest BCUT2D eigenvalue weighted by Gasteiger charge is 2.30. The second-order valence-corrected chi connectivity index (χ2v) is 2.79. The first-order valence-electron chi connectivity index (χ1n) is 2.57. The zero-order valence-corrected chi connectivity index (χ0v) is 5.94. The highest BCUT2D eigenvalue weighted by molar-refractivity contribution is 8.04. The molecule has 2 heterocycles. The molecular weight excluding hydrogens is 136 g/mol. The lowest BCUT2D eigenvalue weighted by atomic mass is 10.8. The molecular formula is C5H8N2OS. The lowest BCUT2D eigenvalue weighted by molar-refractivity contribution is -0.115. The highest BCUT2D eigenvalue weighted by Crippen LogP contribution is 2.44. The van der Waals surface area contributed by atoms with Gasteiger partial charge < -0.3 is 10.6 Å². The predicted octanol–water partition coefficient (Wildman–Crippen LogP) is 0.297. The summed E-state index contributed by atoms with van der Waals surface area (Å²) in [6.45, 7) is 1.31. The summed E-state index contributed by atoms with van der Waals surface area (Å²) in [5.41, 5.74) is 4.47. The van der Waals surface area contributed by atoms with Gasteiger partial charge in [0.2, 0.25) is 5.91 Å². The Hall–Kier alpha value is -0.640. The van der Waals surface area contributed by atoms with Gasteiger partial charge in [-0.25, -0.2) is 0 Å². The van der Waals surface area contributed by atoms with Crippen molar-refractivity contribution in [1.29, 1.82) is 0 Å². The Morgan fingerprint density at radius 2 is 2.44 bits per heavy atom. The number of carbonyl (C=O) groups is 1. The van der Waals surface area contributed by atoms with Gasteiger partial charge in [0.05, 0.1) is 10.9 Å². The third-order valence-corrected chi connectivity index (χ3v) is 1.88. The van der Waals surface area contributed by atoms with Crippen LogP contribution in [0.2, 0.25) is 0 Å². The van der Waals surface area contributed by atoms with Crippen LogP contribution in [-0.2, 0) is 4.79 Å². The molecule has 2 N–H and O–H groups in total. The molecule has 0 atom stereocenters. The Morgan fingerprint density at radius 3 is 2.44 bits per heavy atom. The van der Waals surface area contributed by atoms with Gasteiger partial charge in [-0.3, -0.25) is 4.79 Å². The smallest absolute Gasteiger partial charge is 0.214 e. The molecule has 0 aliphatic carbocycles. The Balaban J connectivity index is 0.0000000945. The summed E-state index contributed by atoms with van der Waals surface area (Å²) in [7, 11) is 0. The number of nitrogens with zero attached hydrogens (tertiary/aromatic N) is 1. The monoisotopic (exact) mass is 144 g/mol. The van der Waals surface area contributed by atoms with E-state index in [-0.39, 0.29) is 5.91 Å². The van der Waals surface area contributed by atoms with Crippen LogP contribution in [0.5, 0.6) is 0 Å². The summed E-state index contributed by atoms with van der Waals surface area (Å²) in [5.74, 6) is 0.884. The highest BCUT2D eigenvalue weighted by atomic mass is 32.2. The van der Waals surface area contributed by atoms with E-state index in [9.17, 15) is 4.79 Å². The molecule has 0 spiro atoms. The van der Waals surface area contributed by atoms with E-state index in [1.807, 2.05) is 11.8 Å². The molecule has 0 saturated carbocycles.